The van der Waals surface area contributed by atoms with E-state index in [0.717, 1.165) is 55.1 Å². The van der Waals surface area contributed by atoms with Gasteiger partial charge in [0.15, 0.2) is 5.82 Å². The highest BCUT2D eigenvalue weighted by Crippen LogP contribution is 2.39. The Hall–Kier alpha value is -2.24. The van der Waals surface area contributed by atoms with Gasteiger partial charge in [-0.2, -0.15) is 10.2 Å². The van der Waals surface area contributed by atoms with E-state index in [2.05, 4.69) is 32.3 Å². The number of anilines is 1. The van der Waals surface area contributed by atoms with Crippen molar-refractivity contribution < 1.29 is 0 Å². The molecule has 24 heavy (non-hydrogen) atoms. The van der Waals surface area contributed by atoms with Crippen LogP contribution in [0.1, 0.15) is 42.1 Å². The Labute approximate surface area is 140 Å². The second-order valence-electron chi connectivity index (χ2n) is 7.35. The van der Waals surface area contributed by atoms with E-state index >= 15 is 0 Å². The number of fused-ring (bicyclic) bond motifs is 1. The van der Waals surface area contributed by atoms with Crippen molar-refractivity contribution in [2.24, 2.45) is 5.92 Å². The standard InChI is InChI=1S/C18H21N5O/c24-18-8-14-2-1-3-16(14)21-23(18)11-12-9-22(10-12)17-7-6-15(19-20-17)13-4-5-13/h6-8,12-13H,1-5,9-11H2. The Morgan fingerprint density at radius 3 is 2.75 bits per heavy atom. The van der Waals surface area contributed by atoms with Crippen LogP contribution in [0.4, 0.5) is 5.82 Å². The van der Waals surface area contributed by atoms with E-state index in [1.54, 1.807) is 10.7 Å². The van der Waals surface area contributed by atoms with Crippen LogP contribution < -0.4 is 10.5 Å². The minimum atomic E-state index is 0.0441. The van der Waals surface area contributed by atoms with Gasteiger partial charge >= 0.3 is 0 Å². The SMILES string of the molecule is O=c1cc2c(nn1CC1CN(c3ccc(C4CC4)nn3)C1)CCC2. The lowest BCUT2D eigenvalue weighted by molar-refractivity contribution is 0.331. The molecule has 2 aliphatic carbocycles. The van der Waals surface area contributed by atoms with Gasteiger partial charge in [0.1, 0.15) is 0 Å². The molecular weight excluding hydrogens is 302 g/mol. The van der Waals surface area contributed by atoms with Gasteiger partial charge in [-0.15, -0.1) is 5.10 Å². The molecule has 0 bridgehead atoms. The summed E-state index contributed by atoms with van der Waals surface area (Å²) >= 11 is 0. The molecule has 0 aromatic carbocycles. The third-order valence-corrected chi connectivity index (χ3v) is 5.40. The summed E-state index contributed by atoms with van der Waals surface area (Å²) in [5.74, 6) is 2.05. The van der Waals surface area contributed by atoms with Crippen LogP contribution in [0, 0.1) is 5.92 Å². The molecule has 6 nitrogen and oxygen atoms in total. The van der Waals surface area contributed by atoms with Crippen LogP contribution in [0.15, 0.2) is 23.0 Å². The smallest absolute Gasteiger partial charge is 0.267 e. The van der Waals surface area contributed by atoms with E-state index in [4.69, 9.17) is 0 Å². The molecule has 0 atom stereocenters. The zero-order valence-corrected chi connectivity index (χ0v) is 13.7. The van der Waals surface area contributed by atoms with Crippen LogP contribution >= 0.6 is 0 Å². The number of nitrogens with zero attached hydrogens (tertiary/aromatic N) is 5. The predicted molar refractivity (Wildman–Crippen MR) is 90.2 cm³/mol. The van der Waals surface area contributed by atoms with Gasteiger partial charge in [0, 0.05) is 31.0 Å². The third kappa shape index (κ3) is 2.50. The molecule has 0 amide bonds. The second-order valence-corrected chi connectivity index (χ2v) is 7.35. The summed E-state index contributed by atoms with van der Waals surface area (Å²) in [5.41, 5.74) is 3.44. The van der Waals surface area contributed by atoms with Crippen molar-refractivity contribution in [1.82, 2.24) is 20.0 Å². The molecule has 124 valence electrons. The van der Waals surface area contributed by atoms with Gasteiger partial charge in [0.2, 0.25) is 0 Å². The highest BCUT2D eigenvalue weighted by molar-refractivity contribution is 5.41. The van der Waals surface area contributed by atoms with Crippen LogP contribution in [0.5, 0.6) is 0 Å². The number of hydrogen-bond acceptors (Lipinski definition) is 5. The third-order valence-electron chi connectivity index (χ3n) is 5.40. The van der Waals surface area contributed by atoms with Crippen LogP contribution in [0.3, 0.4) is 0 Å². The summed E-state index contributed by atoms with van der Waals surface area (Å²) in [4.78, 5) is 14.4. The quantitative estimate of drug-likeness (QED) is 0.854. The second kappa shape index (κ2) is 5.40. The van der Waals surface area contributed by atoms with E-state index in [1.807, 2.05) is 0 Å². The lowest BCUT2D eigenvalue weighted by Crippen LogP contribution is -2.50. The maximum absolute atomic E-state index is 12.2. The molecule has 2 aromatic rings. The summed E-state index contributed by atoms with van der Waals surface area (Å²) in [5, 5.41) is 13.3. The Morgan fingerprint density at radius 1 is 1.12 bits per heavy atom. The van der Waals surface area contributed by atoms with Crippen molar-refractivity contribution in [3.8, 4) is 0 Å². The van der Waals surface area contributed by atoms with Crippen LogP contribution in [-0.4, -0.2) is 33.1 Å². The average Bonchev–Trinajstić information content (AvgIpc) is 3.31. The summed E-state index contributed by atoms with van der Waals surface area (Å²) in [6.07, 6.45) is 5.64. The van der Waals surface area contributed by atoms with Crippen LogP contribution in [0.25, 0.3) is 0 Å². The predicted octanol–water partition coefficient (Wildman–Crippen LogP) is 1.54. The fourth-order valence-corrected chi connectivity index (χ4v) is 3.79. The largest absolute Gasteiger partial charge is 0.354 e. The topological polar surface area (TPSA) is 63.9 Å². The molecule has 3 aliphatic rings. The molecule has 5 rings (SSSR count). The summed E-state index contributed by atoms with van der Waals surface area (Å²) in [6, 6.07) is 5.98. The minimum Gasteiger partial charge on any atom is -0.354 e. The maximum atomic E-state index is 12.2. The summed E-state index contributed by atoms with van der Waals surface area (Å²) in [6.45, 7) is 2.54. The Kier molecular flexibility index (Phi) is 3.18. The lowest BCUT2D eigenvalue weighted by atomic mass is 10.0. The van der Waals surface area contributed by atoms with Gasteiger partial charge in [0.05, 0.1) is 17.9 Å². The molecule has 1 aliphatic heterocycles. The van der Waals surface area contributed by atoms with E-state index in [0.29, 0.717) is 18.4 Å². The summed E-state index contributed by atoms with van der Waals surface area (Å²) in [7, 11) is 0. The monoisotopic (exact) mass is 323 g/mol. The normalized spacial score (nSPS) is 20.1. The van der Waals surface area contributed by atoms with Crippen molar-refractivity contribution in [1.29, 1.82) is 0 Å². The van der Waals surface area contributed by atoms with Gasteiger partial charge in [-0.05, 0) is 49.8 Å². The highest BCUT2D eigenvalue weighted by atomic mass is 16.1. The Bertz CT molecular complexity index is 818. The van der Waals surface area contributed by atoms with E-state index in [9.17, 15) is 4.79 Å². The van der Waals surface area contributed by atoms with Gasteiger partial charge < -0.3 is 4.90 Å². The highest BCUT2D eigenvalue weighted by Gasteiger charge is 2.30. The van der Waals surface area contributed by atoms with Gasteiger partial charge in [-0.25, -0.2) is 4.68 Å². The minimum absolute atomic E-state index is 0.0441. The summed E-state index contributed by atoms with van der Waals surface area (Å²) < 4.78 is 1.66. The zero-order valence-electron chi connectivity index (χ0n) is 13.7. The fourth-order valence-electron chi connectivity index (χ4n) is 3.79. The van der Waals surface area contributed by atoms with Gasteiger partial charge in [-0.1, -0.05) is 0 Å². The maximum Gasteiger partial charge on any atom is 0.267 e. The molecule has 1 saturated carbocycles. The van der Waals surface area contributed by atoms with Gasteiger partial charge in [-0.3, -0.25) is 4.79 Å². The number of rotatable bonds is 4. The van der Waals surface area contributed by atoms with Crippen molar-refractivity contribution in [2.45, 2.75) is 44.6 Å². The molecule has 3 heterocycles. The van der Waals surface area contributed by atoms with Crippen LogP contribution in [-0.2, 0) is 19.4 Å². The van der Waals surface area contributed by atoms with Crippen LogP contribution in [0.2, 0.25) is 0 Å². The molecule has 6 heteroatoms. The first kappa shape index (κ1) is 14.1. The number of aryl methyl sites for hydroxylation is 2. The molecular formula is C18H21N5O. The molecule has 0 spiro atoms. The zero-order chi connectivity index (χ0) is 16.1. The first-order chi connectivity index (χ1) is 11.8. The lowest BCUT2D eigenvalue weighted by Gasteiger charge is -2.39. The Morgan fingerprint density at radius 2 is 2.00 bits per heavy atom. The molecule has 2 fully saturated rings. The Balaban J connectivity index is 1.23. The van der Waals surface area contributed by atoms with Gasteiger partial charge in [0.25, 0.3) is 5.56 Å². The molecule has 0 unspecified atom stereocenters. The van der Waals surface area contributed by atoms with E-state index < -0.39 is 0 Å². The first-order valence-electron chi connectivity index (χ1n) is 8.95. The average molecular weight is 323 g/mol. The fraction of sp³-hybridized carbons (Fsp3) is 0.556. The number of aromatic nitrogens is 4. The number of hydrogen-bond donors (Lipinski definition) is 0. The first-order valence-corrected chi connectivity index (χ1v) is 8.95. The molecule has 2 aromatic heterocycles. The van der Waals surface area contributed by atoms with E-state index in [1.165, 1.54) is 12.8 Å². The molecule has 0 radical (unpaired) electrons. The van der Waals surface area contributed by atoms with E-state index in [-0.39, 0.29) is 5.56 Å². The van der Waals surface area contributed by atoms with Crippen molar-refractivity contribution in [3.05, 3.63) is 45.5 Å². The van der Waals surface area contributed by atoms with Crippen molar-refractivity contribution in [2.75, 3.05) is 18.0 Å². The molecule has 0 N–H and O–H groups in total. The van der Waals surface area contributed by atoms with Crippen molar-refractivity contribution in [3.63, 3.8) is 0 Å². The molecule has 1 saturated heterocycles. The van der Waals surface area contributed by atoms with Crippen molar-refractivity contribution >= 4 is 5.82 Å².